The maximum Gasteiger partial charge on any atom is 0.329 e. The van der Waals surface area contributed by atoms with E-state index < -0.39 is 12.0 Å². The molecule has 0 aliphatic carbocycles. The maximum absolute atomic E-state index is 12.4. The van der Waals surface area contributed by atoms with E-state index in [1.54, 1.807) is 18.4 Å². The highest BCUT2D eigenvalue weighted by Crippen LogP contribution is 2.41. The Hall–Kier alpha value is -2.41. The van der Waals surface area contributed by atoms with Crippen molar-refractivity contribution in [3.05, 3.63) is 54.0 Å². The number of aryl methyl sites for hydroxylation is 1. The summed E-state index contributed by atoms with van der Waals surface area (Å²) in [6, 6.07) is 10.6. The van der Waals surface area contributed by atoms with Gasteiger partial charge in [-0.3, -0.25) is 4.79 Å². The number of para-hydroxylation sites is 1. The van der Waals surface area contributed by atoms with E-state index in [4.69, 9.17) is 13.9 Å². The second-order valence-electron chi connectivity index (χ2n) is 5.92. The summed E-state index contributed by atoms with van der Waals surface area (Å²) in [6.07, 6.45) is 1.56. The van der Waals surface area contributed by atoms with E-state index in [1.807, 2.05) is 31.2 Å². The standard InChI is InChI=1S/C19H21NO5S/c1-13-6-3-4-7-16(13)24-10-11-25-19(22)15-12-26-18(20(15)14(2)21)17-8-5-9-23-17/h3-9,15,18H,10-12H2,1-2H3/t15-,18+/m0/s1. The highest BCUT2D eigenvalue weighted by molar-refractivity contribution is 7.99. The fourth-order valence-electron chi connectivity index (χ4n) is 2.83. The molecule has 6 nitrogen and oxygen atoms in total. The first-order valence-electron chi connectivity index (χ1n) is 8.37. The van der Waals surface area contributed by atoms with Crippen LogP contribution < -0.4 is 4.74 Å². The second-order valence-corrected chi connectivity index (χ2v) is 7.04. The highest BCUT2D eigenvalue weighted by Gasteiger charge is 2.43. The molecule has 0 bridgehead atoms. The van der Waals surface area contributed by atoms with Gasteiger partial charge in [-0.05, 0) is 30.7 Å². The number of esters is 1. The van der Waals surface area contributed by atoms with Gasteiger partial charge in [-0.25, -0.2) is 4.79 Å². The van der Waals surface area contributed by atoms with Gasteiger partial charge in [0, 0.05) is 12.7 Å². The quantitative estimate of drug-likeness (QED) is 0.571. The van der Waals surface area contributed by atoms with Gasteiger partial charge >= 0.3 is 5.97 Å². The number of carbonyl (C=O) groups is 2. The topological polar surface area (TPSA) is 69.0 Å². The Morgan fingerprint density at radius 2 is 2.04 bits per heavy atom. The molecule has 0 N–H and O–H groups in total. The molecule has 1 fully saturated rings. The lowest BCUT2D eigenvalue weighted by Crippen LogP contribution is -2.43. The number of hydrogen-bond acceptors (Lipinski definition) is 6. The molecule has 138 valence electrons. The Morgan fingerprint density at radius 3 is 2.73 bits per heavy atom. The van der Waals surface area contributed by atoms with E-state index in [1.165, 1.54) is 23.6 Å². The first-order valence-corrected chi connectivity index (χ1v) is 9.42. The molecule has 7 heteroatoms. The Bertz CT molecular complexity index is 761. The molecular weight excluding hydrogens is 354 g/mol. The van der Waals surface area contributed by atoms with Crippen molar-refractivity contribution in [3.8, 4) is 5.75 Å². The Labute approximate surface area is 156 Å². The minimum Gasteiger partial charge on any atom is -0.490 e. The number of rotatable bonds is 6. The van der Waals surface area contributed by atoms with Gasteiger partial charge in [-0.2, -0.15) is 0 Å². The highest BCUT2D eigenvalue weighted by atomic mass is 32.2. The lowest BCUT2D eigenvalue weighted by atomic mass is 10.2. The molecule has 2 atom stereocenters. The van der Waals surface area contributed by atoms with Crippen molar-refractivity contribution in [1.82, 2.24) is 4.90 Å². The Morgan fingerprint density at radius 1 is 1.23 bits per heavy atom. The fraction of sp³-hybridized carbons (Fsp3) is 0.368. The summed E-state index contributed by atoms with van der Waals surface area (Å²) < 4.78 is 16.4. The number of benzene rings is 1. The first-order chi connectivity index (χ1) is 12.6. The minimum absolute atomic E-state index is 0.130. The summed E-state index contributed by atoms with van der Waals surface area (Å²) in [5, 5.41) is -0.303. The molecule has 0 saturated carbocycles. The molecule has 3 rings (SSSR count). The van der Waals surface area contributed by atoms with Gasteiger partial charge in [-0.15, -0.1) is 11.8 Å². The molecule has 0 unspecified atom stereocenters. The molecule has 1 saturated heterocycles. The van der Waals surface area contributed by atoms with Gasteiger partial charge in [0.2, 0.25) is 5.91 Å². The monoisotopic (exact) mass is 375 g/mol. The summed E-state index contributed by atoms with van der Waals surface area (Å²) in [5.74, 6) is 1.29. The third-order valence-electron chi connectivity index (χ3n) is 4.10. The number of amides is 1. The molecule has 0 radical (unpaired) electrons. The predicted molar refractivity (Wildman–Crippen MR) is 97.8 cm³/mol. The zero-order valence-corrected chi connectivity index (χ0v) is 15.5. The molecule has 1 amide bonds. The smallest absolute Gasteiger partial charge is 0.329 e. The Kier molecular flexibility index (Phi) is 5.88. The number of furan rings is 1. The second kappa shape index (κ2) is 8.31. The van der Waals surface area contributed by atoms with Crippen LogP contribution in [0.3, 0.4) is 0 Å². The van der Waals surface area contributed by atoms with E-state index in [0.717, 1.165) is 11.3 Å². The zero-order valence-electron chi connectivity index (χ0n) is 14.7. The third-order valence-corrected chi connectivity index (χ3v) is 5.38. The fourth-order valence-corrected chi connectivity index (χ4v) is 4.25. The van der Waals surface area contributed by atoms with Gasteiger partial charge in [0.15, 0.2) is 0 Å². The zero-order chi connectivity index (χ0) is 18.5. The molecule has 2 aromatic rings. The molecule has 1 aliphatic heterocycles. The van der Waals surface area contributed by atoms with Crippen LogP contribution in [0.5, 0.6) is 5.75 Å². The van der Waals surface area contributed by atoms with Crippen LogP contribution in [0.4, 0.5) is 0 Å². The van der Waals surface area contributed by atoms with Gasteiger partial charge in [0.25, 0.3) is 0 Å². The number of thioether (sulfide) groups is 1. The van der Waals surface area contributed by atoms with E-state index in [9.17, 15) is 9.59 Å². The maximum atomic E-state index is 12.4. The number of hydrogen-bond donors (Lipinski definition) is 0. The van der Waals surface area contributed by atoms with Crippen LogP contribution in [-0.2, 0) is 14.3 Å². The summed E-state index contributed by atoms with van der Waals surface area (Å²) in [5.41, 5.74) is 1.02. The van der Waals surface area contributed by atoms with E-state index in [-0.39, 0.29) is 24.5 Å². The minimum atomic E-state index is -0.619. The van der Waals surface area contributed by atoms with Crippen LogP contribution in [0.1, 0.15) is 23.6 Å². The summed E-state index contributed by atoms with van der Waals surface area (Å²) in [4.78, 5) is 26.0. The van der Waals surface area contributed by atoms with Crippen LogP contribution in [0.25, 0.3) is 0 Å². The van der Waals surface area contributed by atoms with Crippen molar-refractivity contribution in [2.24, 2.45) is 0 Å². The van der Waals surface area contributed by atoms with E-state index in [2.05, 4.69) is 0 Å². The van der Waals surface area contributed by atoms with E-state index in [0.29, 0.717) is 11.5 Å². The summed E-state index contributed by atoms with van der Waals surface area (Å²) in [6.45, 7) is 3.80. The van der Waals surface area contributed by atoms with Crippen molar-refractivity contribution in [3.63, 3.8) is 0 Å². The SMILES string of the molecule is CC(=O)N1[C@@H](c2ccco2)SC[C@H]1C(=O)OCCOc1ccccc1C. The molecule has 1 aromatic carbocycles. The molecular formula is C19H21NO5S. The van der Waals surface area contributed by atoms with Crippen LogP contribution in [0.2, 0.25) is 0 Å². The molecule has 26 heavy (non-hydrogen) atoms. The summed E-state index contributed by atoms with van der Waals surface area (Å²) in [7, 11) is 0. The largest absolute Gasteiger partial charge is 0.490 e. The van der Waals surface area contributed by atoms with Gasteiger partial charge < -0.3 is 18.8 Å². The van der Waals surface area contributed by atoms with Crippen molar-refractivity contribution in [2.75, 3.05) is 19.0 Å². The van der Waals surface area contributed by atoms with Crippen LogP contribution in [0.15, 0.2) is 47.1 Å². The number of carbonyl (C=O) groups excluding carboxylic acids is 2. The normalized spacial score (nSPS) is 19.4. The lowest BCUT2D eigenvalue weighted by Gasteiger charge is -2.25. The average Bonchev–Trinajstić information content (AvgIpc) is 3.28. The van der Waals surface area contributed by atoms with Crippen LogP contribution in [-0.4, -0.2) is 41.8 Å². The lowest BCUT2D eigenvalue weighted by molar-refractivity contribution is -0.154. The van der Waals surface area contributed by atoms with Gasteiger partial charge in [0.05, 0.1) is 6.26 Å². The van der Waals surface area contributed by atoms with Crippen molar-refractivity contribution >= 4 is 23.6 Å². The molecule has 0 spiro atoms. The predicted octanol–water partition coefficient (Wildman–Crippen LogP) is 3.17. The van der Waals surface area contributed by atoms with E-state index >= 15 is 0 Å². The first kappa shape index (κ1) is 18.4. The van der Waals surface area contributed by atoms with Crippen molar-refractivity contribution in [1.29, 1.82) is 0 Å². The molecule has 1 aromatic heterocycles. The number of nitrogens with zero attached hydrogens (tertiary/aromatic N) is 1. The van der Waals surface area contributed by atoms with Gasteiger partial charge in [-0.1, -0.05) is 18.2 Å². The average molecular weight is 375 g/mol. The number of ether oxygens (including phenoxy) is 2. The van der Waals surface area contributed by atoms with Gasteiger partial charge in [0.1, 0.15) is 36.1 Å². The van der Waals surface area contributed by atoms with Crippen molar-refractivity contribution < 1.29 is 23.5 Å². The van der Waals surface area contributed by atoms with Crippen LogP contribution in [0, 0.1) is 6.92 Å². The van der Waals surface area contributed by atoms with Crippen LogP contribution >= 0.6 is 11.8 Å². The Balaban J connectivity index is 1.54. The summed E-state index contributed by atoms with van der Waals surface area (Å²) >= 11 is 1.49. The molecule has 2 heterocycles. The third kappa shape index (κ3) is 4.04. The van der Waals surface area contributed by atoms with Crippen molar-refractivity contribution in [2.45, 2.75) is 25.3 Å². The molecule has 1 aliphatic rings.